The van der Waals surface area contributed by atoms with Crippen LogP contribution in [0.3, 0.4) is 0 Å². The molecule has 0 spiro atoms. The van der Waals surface area contributed by atoms with E-state index in [-0.39, 0.29) is 6.10 Å². The summed E-state index contributed by atoms with van der Waals surface area (Å²) in [4.78, 5) is 3.21. The average molecular weight is 216 g/mol. The van der Waals surface area contributed by atoms with Gasteiger partial charge in [0.05, 0.1) is 6.10 Å². The Morgan fingerprint density at radius 2 is 2.19 bits per heavy atom. The molecular weight excluding hydrogens is 200 g/mol. The Hall–Kier alpha value is -1.32. The van der Waals surface area contributed by atoms with Gasteiger partial charge in [0, 0.05) is 29.7 Å². The van der Waals surface area contributed by atoms with Crippen molar-refractivity contribution in [2.75, 3.05) is 0 Å². The first-order valence-electron chi connectivity index (χ1n) is 5.79. The Morgan fingerprint density at radius 1 is 1.31 bits per heavy atom. The van der Waals surface area contributed by atoms with Crippen molar-refractivity contribution >= 4 is 10.9 Å². The van der Waals surface area contributed by atoms with Gasteiger partial charge >= 0.3 is 0 Å². The molecule has 3 rings (SSSR count). The van der Waals surface area contributed by atoms with E-state index < -0.39 is 0 Å². The Morgan fingerprint density at radius 3 is 3.00 bits per heavy atom. The zero-order chi connectivity index (χ0) is 11.0. The van der Waals surface area contributed by atoms with Gasteiger partial charge in [-0.15, -0.1) is 0 Å². The molecule has 3 nitrogen and oxygen atoms in total. The number of rotatable bonds is 3. The summed E-state index contributed by atoms with van der Waals surface area (Å²) in [7, 11) is 0. The molecule has 0 radical (unpaired) electrons. The second-order valence-electron chi connectivity index (χ2n) is 4.56. The van der Waals surface area contributed by atoms with E-state index in [1.54, 1.807) is 0 Å². The molecule has 0 amide bonds. The van der Waals surface area contributed by atoms with Crippen LogP contribution in [0.4, 0.5) is 0 Å². The lowest BCUT2D eigenvalue weighted by Crippen LogP contribution is -2.43. The minimum absolute atomic E-state index is 0.0828. The van der Waals surface area contributed by atoms with Gasteiger partial charge in [-0.3, -0.25) is 0 Å². The number of aliphatic hydroxyl groups is 1. The number of aromatic nitrogens is 1. The number of aromatic amines is 1. The lowest BCUT2D eigenvalue weighted by atomic mass is 9.89. The third-order valence-corrected chi connectivity index (χ3v) is 3.38. The normalized spacial score (nSPS) is 24.6. The highest BCUT2D eigenvalue weighted by molar-refractivity contribution is 5.82. The van der Waals surface area contributed by atoms with Crippen LogP contribution >= 0.6 is 0 Å². The third kappa shape index (κ3) is 1.72. The molecule has 1 aromatic heterocycles. The number of aliphatic hydroxyl groups excluding tert-OH is 1. The number of fused-ring (bicyclic) bond motifs is 1. The Balaban J connectivity index is 1.71. The van der Waals surface area contributed by atoms with Crippen LogP contribution in [0.5, 0.6) is 0 Å². The first-order valence-corrected chi connectivity index (χ1v) is 5.79. The van der Waals surface area contributed by atoms with E-state index in [0.717, 1.165) is 19.4 Å². The van der Waals surface area contributed by atoms with Gasteiger partial charge in [0.1, 0.15) is 0 Å². The summed E-state index contributed by atoms with van der Waals surface area (Å²) in [5.41, 5.74) is 2.51. The van der Waals surface area contributed by atoms with Crippen LogP contribution in [0.2, 0.25) is 0 Å². The fraction of sp³-hybridized carbons (Fsp3) is 0.385. The van der Waals surface area contributed by atoms with E-state index in [4.69, 9.17) is 0 Å². The van der Waals surface area contributed by atoms with Crippen molar-refractivity contribution in [1.29, 1.82) is 0 Å². The number of hydrogen-bond donors (Lipinski definition) is 3. The molecule has 3 N–H and O–H groups in total. The zero-order valence-corrected chi connectivity index (χ0v) is 9.11. The van der Waals surface area contributed by atoms with Crippen LogP contribution < -0.4 is 5.32 Å². The van der Waals surface area contributed by atoms with Crippen LogP contribution in [0.15, 0.2) is 30.5 Å². The lowest BCUT2D eigenvalue weighted by molar-refractivity contribution is 0.0620. The Labute approximate surface area is 94.5 Å². The highest BCUT2D eigenvalue weighted by Gasteiger charge is 2.26. The topological polar surface area (TPSA) is 48.0 Å². The highest BCUT2D eigenvalue weighted by Crippen LogP contribution is 2.21. The smallest absolute Gasteiger partial charge is 0.0570 e. The van der Waals surface area contributed by atoms with E-state index in [0.29, 0.717) is 6.04 Å². The molecule has 0 bridgehead atoms. The number of hydrogen-bond acceptors (Lipinski definition) is 2. The number of benzene rings is 1. The predicted octanol–water partition coefficient (Wildman–Crippen LogP) is 1.78. The SMILES string of the molecule is OC1CC(NCc2cccc3[nH]ccc23)C1. The molecule has 3 heteroatoms. The van der Waals surface area contributed by atoms with Gasteiger partial charge in [0.15, 0.2) is 0 Å². The molecule has 0 unspecified atom stereocenters. The quantitative estimate of drug-likeness (QED) is 0.732. The average Bonchev–Trinajstić information content (AvgIpc) is 2.71. The third-order valence-electron chi connectivity index (χ3n) is 3.38. The molecule has 1 saturated carbocycles. The summed E-state index contributed by atoms with van der Waals surface area (Å²) in [6.45, 7) is 0.882. The van der Waals surface area contributed by atoms with Crippen LogP contribution in [0.25, 0.3) is 10.9 Å². The molecule has 1 fully saturated rings. The van der Waals surface area contributed by atoms with Crippen molar-refractivity contribution in [3.63, 3.8) is 0 Å². The van der Waals surface area contributed by atoms with Crippen molar-refractivity contribution in [3.05, 3.63) is 36.0 Å². The minimum atomic E-state index is -0.0828. The lowest BCUT2D eigenvalue weighted by Gasteiger charge is -2.32. The van der Waals surface area contributed by atoms with Crippen LogP contribution in [-0.4, -0.2) is 22.2 Å². The Bertz CT molecular complexity index is 485. The standard InChI is InChI=1S/C13H16N2O/c16-11-6-10(7-11)15-8-9-2-1-3-13-12(9)4-5-14-13/h1-5,10-11,14-16H,6-8H2. The summed E-state index contributed by atoms with van der Waals surface area (Å²) in [6, 6.07) is 8.92. The predicted molar refractivity (Wildman–Crippen MR) is 64.2 cm³/mol. The van der Waals surface area contributed by atoms with E-state index in [1.807, 2.05) is 6.20 Å². The van der Waals surface area contributed by atoms with Gasteiger partial charge < -0.3 is 15.4 Å². The van der Waals surface area contributed by atoms with Gasteiger partial charge in [0.2, 0.25) is 0 Å². The van der Waals surface area contributed by atoms with Crippen molar-refractivity contribution in [2.45, 2.75) is 31.5 Å². The van der Waals surface area contributed by atoms with Crippen molar-refractivity contribution in [2.24, 2.45) is 0 Å². The van der Waals surface area contributed by atoms with Gasteiger partial charge in [-0.1, -0.05) is 12.1 Å². The summed E-state index contributed by atoms with van der Waals surface area (Å²) in [5.74, 6) is 0. The summed E-state index contributed by atoms with van der Waals surface area (Å²) < 4.78 is 0. The number of nitrogens with one attached hydrogen (secondary N) is 2. The molecule has 0 saturated heterocycles. The van der Waals surface area contributed by atoms with Gasteiger partial charge in [0.25, 0.3) is 0 Å². The molecule has 84 valence electrons. The minimum Gasteiger partial charge on any atom is -0.393 e. The summed E-state index contributed by atoms with van der Waals surface area (Å²) in [5, 5.41) is 14.0. The maximum absolute atomic E-state index is 9.21. The molecule has 0 aliphatic heterocycles. The largest absolute Gasteiger partial charge is 0.393 e. The fourth-order valence-electron chi connectivity index (χ4n) is 2.31. The highest BCUT2D eigenvalue weighted by atomic mass is 16.3. The molecule has 16 heavy (non-hydrogen) atoms. The second kappa shape index (κ2) is 3.92. The first-order chi connectivity index (χ1) is 7.83. The molecule has 1 heterocycles. The fourth-order valence-corrected chi connectivity index (χ4v) is 2.31. The molecule has 0 atom stereocenters. The van der Waals surface area contributed by atoms with E-state index in [1.165, 1.54) is 16.5 Å². The van der Waals surface area contributed by atoms with Gasteiger partial charge in [-0.2, -0.15) is 0 Å². The first kappa shape index (κ1) is 9.87. The molecule has 1 aliphatic carbocycles. The zero-order valence-electron chi connectivity index (χ0n) is 9.11. The van der Waals surface area contributed by atoms with Crippen molar-refractivity contribution < 1.29 is 5.11 Å². The van der Waals surface area contributed by atoms with Crippen LogP contribution in [-0.2, 0) is 6.54 Å². The Kier molecular flexibility index (Phi) is 2.42. The van der Waals surface area contributed by atoms with E-state index in [2.05, 4.69) is 34.6 Å². The molecular formula is C13H16N2O. The molecule has 1 aromatic carbocycles. The summed E-state index contributed by atoms with van der Waals surface area (Å²) >= 11 is 0. The van der Waals surface area contributed by atoms with Gasteiger partial charge in [-0.05, 0) is 30.5 Å². The molecule has 2 aromatic rings. The van der Waals surface area contributed by atoms with Crippen molar-refractivity contribution in [3.8, 4) is 0 Å². The molecule has 1 aliphatic rings. The summed E-state index contributed by atoms with van der Waals surface area (Å²) in [6.07, 6.45) is 3.67. The van der Waals surface area contributed by atoms with Crippen LogP contribution in [0, 0.1) is 0 Å². The van der Waals surface area contributed by atoms with E-state index in [9.17, 15) is 5.11 Å². The van der Waals surface area contributed by atoms with E-state index >= 15 is 0 Å². The number of H-pyrrole nitrogens is 1. The monoisotopic (exact) mass is 216 g/mol. The van der Waals surface area contributed by atoms with Crippen molar-refractivity contribution in [1.82, 2.24) is 10.3 Å². The van der Waals surface area contributed by atoms with Crippen LogP contribution in [0.1, 0.15) is 18.4 Å². The second-order valence-corrected chi connectivity index (χ2v) is 4.56. The maximum Gasteiger partial charge on any atom is 0.0570 e. The maximum atomic E-state index is 9.21. The van der Waals surface area contributed by atoms with Gasteiger partial charge in [-0.25, -0.2) is 0 Å².